The molecule has 0 heterocycles. The lowest BCUT2D eigenvalue weighted by molar-refractivity contribution is 0.294. The van der Waals surface area contributed by atoms with Crippen molar-refractivity contribution in [3.8, 4) is 5.75 Å². The van der Waals surface area contributed by atoms with E-state index in [-0.39, 0.29) is 18.5 Å². The second-order valence-electron chi connectivity index (χ2n) is 4.50. The zero-order chi connectivity index (χ0) is 14.7. The van der Waals surface area contributed by atoms with Gasteiger partial charge in [-0.05, 0) is 25.1 Å². The monoisotopic (exact) mass is 341 g/mol. The van der Waals surface area contributed by atoms with Gasteiger partial charge in [0.2, 0.25) is 0 Å². The molecule has 0 fully saturated rings. The number of ether oxygens (including phenoxy) is 1. The van der Waals surface area contributed by atoms with E-state index in [4.69, 9.17) is 10.5 Å². The van der Waals surface area contributed by atoms with E-state index in [0.717, 1.165) is 0 Å². The van der Waals surface area contributed by atoms with Gasteiger partial charge in [-0.1, -0.05) is 28.1 Å². The lowest BCUT2D eigenvalue weighted by Gasteiger charge is -2.14. The third-order valence-electron chi connectivity index (χ3n) is 2.86. The van der Waals surface area contributed by atoms with Crippen LogP contribution in [0.3, 0.4) is 0 Å². The first-order valence-electron chi connectivity index (χ1n) is 6.09. The van der Waals surface area contributed by atoms with Gasteiger partial charge in [0.25, 0.3) is 0 Å². The van der Waals surface area contributed by atoms with Crippen LogP contribution in [-0.2, 0) is 6.61 Å². The summed E-state index contributed by atoms with van der Waals surface area (Å²) < 4.78 is 33.1. The Kier molecular flexibility index (Phi) is 4.73. The van der Waals surface area contributed by atoms with E-state index in [0.29, 0.717) is 21.3 Å². The van der Waals surface area contributed by atoms with Crippen molar-refractivity contribution in [3.05, 3.63) is 63.6 Å². The average molecular weight is 342 g/mol. The number of halogens is 3. The molecule has 0 saturated heterocycles. The van der Waals surface area contributed by atoms with Gasteiger partial charge in [0.05, 0.1) is 0 Å². The van der Waals surface area contributed by atoms with E-state index < -0.39 is 5.82 Å². The second kappa shape index (κ2) is 6.33. The highest BCUT2D eigenvalue weighted by molar-refractivity contribution is 9.10. The smallest absolute Gasteiger partial charge is 0.130 e. The molecule has 0 aromatic heterocycles. The van der Waals surface area contributed by atoms with Crippen molar-refractivity contribution in [2.45, 2.75) is 19.6 Å². The van der Waals surface area contributed by atoms with Crippen molar-refractivity contribution in [1.82, 2.24) is 0 Å². The van der Waals surface area contributed by atoms with Gasteiger partial charge in [0, 0.05) is 27.7 Å². The van der Waals surface area contributed by atoms with Gasteiger partial charge < -0.3 is 10.5 Å². The van der Waals surface area contributed by atoms with Crippen LogP contribution in [-0.4, -0.2) is 0 Å². The molecule has 1 atom stereocenters. The molecule has 5 heteroatoms. The lowest BCUT2D eigenvalue weighted by Crippen LogP contribution is -2.09. The summed E-state index contributed by atoms with van der Waals surface area (Å²) in [5.41, 5.74) is 6.88. The maximum Gasteiger partial charge on any atom is 0.130 e. The first-order valence-corrected chi connectivity index (χ1v) is 6.88. The van der Waals surface area contributed by atoms with Crippen LogP contribution in [0, 0.1) is 11.6 Å². The summed E-state index contributed by atoms with van der Waals surface area (Å²) in [6.07, 6.45) is 0. The van der Waals surface area contributed by atoms with Crippen molar-refractivity contribution < 1.29 is 13.5 Å². The highest BCUT2D eigenvalue weighted by Gasteiger charge is 2.11. The summed E-state index contributed by atoms with van der Waals surface area (Å²) >= 11 is 3.19. The highest BCUT2D eigenvalue weighted by atomic mass is 79.9. The minimum Gasteiger partial charge on any atom is -0.488 e. The number of hydrogen-bond acceptors (Lipinski definition) is 2. The molecule has 2 rings (SSSR count). The Labute approximate surface area is 124 Å². The van der Waals surface area contributed by atoms with Crippen LogP contribution in [0.15, 0.2) is 40.9 Å². The van der Waals surface area contributed by atoms with Crippen molar-refractivity contribution >= 4 is 15.9 Å². The molecule has 0 amide bonds. The van der Waals surface area contributed by atoms with E-state index in [9.17, 15) is 8.78 Å². The summed E-state index contributed by atoms with van der Waals surface area (Å²) in [7, 11) is 0. The molecule has 0 aliphatic heterocycles. The van der Waals surface area contributed by atoms with Gasteiger partial charge in [-0.2, -0.15) is 0 Å². The molecule has 0 bridgehead atoms. The summed E-state index contributed by atoms with van der Waals surface area (Å²) in [4.78, 5) is 0. The zero-order valence-corrected chi connectivity index (χ0v) is 12.5. The predicted octanol–water partition coefficient (Wildman–Crippen LogP) is 4.33. The minimum atomic E-state index is -0.416. The Bertz CT molecular complexity index is 617. The van der Waals surface area contributed by atoms with Crippen LogP contribution >= 0.6 is 15.9 Å². The standard InChI is InChI=1S/C15H14BrF2NO/c1-9(19)13-5-4-12(17)7-15(13)20-8-10-2-3-11(16)6-14(10)18/h2-7,9H,8,19H2,1H3/t9-/m1/s1. The number of benzene rings is 2. The fourth-order valence-electron chi connectivity index (χ4n) is 1.80. The first-order chi connectivity index (χ1) is 9.47. The van der Waals surface area contributed by atoms with Crippen molar-refractivity contribution in [2.75, 3.05) is 0 Å². The maximum absolute atomic E-state index is 13.7. The average Bonchev–Trinajstić information content (AvgIpc) is 2.37. The second-order valence-corrected chi connectivity index (χ2v) is 5.41. The Balaban J connectivity index is 2.20. The van der Waals surface area contributed by atoms with Gasteiger partial charge >= 0.3 is 0 Å². The van der Waals surface area contributed by atoms with Crippen molar-refractivity contribution in [2.24, 2.45) is 5.73 Å². The van der Waals surface area contributed by atoms with E-state index in [2.05, 4.69) is 15.9 Å². The third-order valence-corrected chi connectivity index (χ3v) is 3.36. The SMILES string of the molecule is C[C@@H](N)c1ccc(F)cc1OCc1ccc(Br)cc1F. The van der Waals surface area contributed by atoms with Crippen LogP contribution < -0.4 is 10.5 Å². The van der Waals surface area contributed by atoms with Gasteiger partial charge in [-0.15, -0.1) is 0 Å². The Hall–Kier alpha value is -1.46. The fraction of sp³-hybridized carbons (Fsp3) is 0.200. The summed E-state index contributed by atoms with van der Waals surface area (Å²) in [5.74, 6) is -0.457. The van der Waals surface area contributed by atoms with E-state index >= 15 is 0 Å². The van der Waals surface area contributed by atoms with Gasteiger partial charge in [0.1, 0.15) is 24.0 Å². The van der Waals surface area contributed by atoms with Crippen molar-refractivity contribution in [3.63, 3.8) is 0 Å². The number of nitrogens with two attached hydrogens (primary N) is 1. The Morgan fingerprint density at radius 2 is 1.95 bits per heavy atom. The topological polar surface area (TPSA) is 35.2 Å². The van der Waals surface area contributed by atoms with Crippen LogP contribution in [0.4, 0.5) is 8.78 Å². The molecule has 106 valence electrons. The molecule has 2 aromatic carbocycles. The van der Waals surface area contributed by atoms with Gasteiger partial charge in [0.15, 0.2) is 0 Å². The van der Waals surface area contributed by atoms with Crippen LogP contribution in [0.5, 0.6) is 5.75 Å². The summed E-state index contributed by atoms with van der Waals surface area (Å²) in [5, 5.41) is 0. The molecule has 0 aliphatic rings. The molecule has 2 nitrogen and oxygen atoms in total. The molecule has 0 saturated carbocycles. The number of hydrogen-bond donors (Lipinski definition) is 1. The molecule has 20 heavy (non-hydrogen) atoms. The maximum atomic E-state index is 13.7. The molecule has 0 radical (unpaired) electrons. The molecule has 0 aliphatic carbocycles. The molecular formula is C15H14BrF2NO. The van der Waals surface area contributed by atoms with Crippen LogP contribution in [0.1, 0.15) is 24.1 Å². The number of rotatable bonds is 4. The zero-order valence-electron chi connectivity index (χ0n) is 10.9. The minimum absolute atomic E-state index is 0.0162. The normalized spacial score (nSPS) is 12.2. The van der Waals surface area contributed by atoms with Crippen molar-refractivity contribution in [1.29, 1.82) is 0 Å². The van der Waals surface area contributed by atoms with Crippen LogP contribution in [0.2, 0.25) is 0 Å². The molecular weight excluding hydrogens is 328 g/mol. The molecule has 0 spiro atoms. The quantitative estimate of drug-likeness (QED) is 0.898. The first kappa shape index (κ1) is 14.9. The van der Waals surface area contributed by atoms with E-state index in [1.54, 1.807) is 25.1 Å². The predicted molar refractivity (Wildman–Crippen MR) is 77.4 cm³/mol. The molecule has 2 aromatic rings. The summed E-state index contributed by atoms with van der Waals surface area (Å²) in [6.45, 7) is 1.79. The van der Waals surface area contributed by atoms with Gasteiger partial charge in [-0.25, -0.2) is 8.78 Å². The fourth-order valence-corrected chi connectivity index (χ4v) is 2.14. The van der Waals surface area contributed by atoms with E-state index in [1.165, 1.54) is 18.2 Å². The Morgan fingerprint density at radius 1 is 1.20 bits per heavy atom. The van der Waals surface area contributed by atoms with Crippen LogP contribution in [0.25, 0.3) is 0 Å². The lowest BCUT2D eigenvalue weighted by atomic mass is 10.1. The molecule has 2 N–H and O–H groups in total. The largest absolute Gasteiger partial charge is 0.488 e. The van der Waals surface area contributed by atoms with E-state index in [1.807, 2.05) is 0 Å². The van der Waals surface area contributed by atoms with Gasteiger partial charge in [-0.3, -0.25) is 0 Å². The summed E-state index contributed by atoms with van der Waals surface area (Å²) in [6, 6.07) is 8.57. The molecule has 0 unspecified atom stereocenters. The highest BCUT2D eigenvalue weighted by Crippen LogP contribution is 2.26. The third kappa shape index (κ3) is 3.55. The Morgan fingerprint density at radius 3 is 2.60 bits per heavy atom.